The predicted octanol–water partition coefficient (Wildman–Crippen LogP) is 3.84. The third-order valence-electron chi connectivity index (χ3n) is 3.15. The van der Waals surface area contributed by atoms with Crippen molar-refractivity contribution in [3.8, 4) is 0 Å². The average molecular weight is 289 g/mol. The molecule has 0 radical (unpaired) electrons. The summed E-state index contributed by atoms with van der Waals surface area (Å²) in [4.78, 5) is 16.1. The van der Waals surface area contributed by atoms with E-state index < -0.39 is 0 Å². The fourth-order valence-electron chi connectivity index (χ4n) is 2.00. The largest absolute Gasteiger partial charge is 0.324 e. The molecule has 0 unspecified atom stereocenters. The molecule has 20 heavy (non-hydrogen) atoms. The Morgan fingerprint density at radius 2 is 1.95 bits per heavy atom. The lowest BCUT2D eigenvalue weighted by Gasteiger charge is -2.09. The molecular formula is C16H17ClN2O. The molecule has 0 saturated carbocycles. The number of pyridine rings is 1. The van der Waals surface area contributed by atoms with Crippen LogP contribution in [0.1, 0.15) is 22.3 Å². The summed E-state index contributed by atoms with van der Waals surface area (Å²) < 4.78 is 0. The molecule has 0 atom stereocenters. The van der Waals surface area contributed by atoms with Crippen LogP contribution < -0.4 is 5.32 Å². The van der Waals surface area contributed by atoms with Gasteiger partial charge in [-0.3, -0.25) is 4.79 Å². The Kier molecular flexibility index (Phi) is 4.40. The van der Waals surface area contributed by atoms with Gasteiger partial charge in [0.2, 0.25) is 5.91 Å². The third kappa shape index (κ3) is 3.58. The highest BCUT2D eigenvalue weighted by Crippen LogP contribution is 2.17. The lowest BCUT2D eigenvalue weighted by molar-refractivity contribution is -0.115. The molecule has 0 aliphatic heterocycles. The van der Waals surface area contributed by atoms with E-state index in [1.54, 1.807) is 6.20 Å². The minimum atomic E-state index is -0.0535. The number of halogens is 1. The molecule has 1 aromatic heterocycles. The molecule has 4 heteroatoms. The van der Waals surface area contributed by atoms with Crippen LogP contribution in [0, 0.1) is 20.8 Å². The van der Waals surface area contributed by atoms with Gasteiger partial charge in [0.05, 0.1) is 18.3 Å². The molecule has 0 bridgehead atoms. The number of benzene rings is 1. The van der Waals surface area contributed by atoms with Crippen molar-refractivity contribution in [1.29, 1.82) is 0 Å². The van der Waals surface area contributed by atoms with Gasteiger partial charge in [-0.05, 0) is 43.5 Å². The number of nitrogens with one attached hydrogen (secondary N) is 1. The summed E-state index contributed by atoms with van der Waals surface area (Å²) in [6, 6.07) is 7.94. The second-order valence-electron chi connectivity index (χ2n) is 4.99. The topological polar surface area (TPSA) is 42.0 Å². The molecule has 0 saturated heterocycles. The van der Waals surface area contributed by atoms with E-state index in [4.69, 9.17) is 11.6 Å². The Morgan fingerprint density at radius 3 is 2.65 bits per heavy atom. The van der Waals surface area contributed by atoms with Gasteiger partial charge in [-0.1, -0.05) is 35.4 Å². The first-order valence-electron chi connectivity index (χ1n) is 6.44. The van der Waals surface area contributed by atoms with Crippen molar-refractivity contribution >= 4 is 23.2 Å². The van der Waals surface area contributed by atoms with Crippen molar-refractivity contribution in [3.05, 3.63) is 57.9 Å². The van der Waals surface area contributed by atoms with Crippen LogP contribution in [0.2, 0.25) is 5.15 Å². The SMILES string of the molecule is Cc1ccc(C)c(CC(=O)Nc2cnc(Cl)c(C)c2)c1. The summed E-state index contributed by atoms with van der Waals surface area (Å²) in [6.45, 7) is 5.89. The van der Waals surface area contributed by atoms with Crippen molar-refractivity contribution in [2.45, 2.75) is 27.2 Å². The van der Waals surface area contributed by atoms with Gasteiger partial charge in [0.25, 0.3) is 0 Å². The quantitative estimate of drug-likeness (QED) is 0.872. The maximum atomic E-state index is 12.1. The fourth-order valence-corrected chi connectivity index (χ4v) is 2.10. The van der Waals surface area contributed by atoms with Crippen molar-refractivity contribution in [2.24, 2.45) is 0 Å². The Balaban J connectivity index is 2.09. The molecular weight excluding hydrogens is 272 g/mol. The van der Waals surface area contributed by atoms with Crippen LogP contribution in [0.25, 0.3) is 0 Å². The second-order valence-corrected chi connectivity index (χ2v) is 5.34. The Labute approximate surface area is 124 Å². The molecule has 104 valence electrons. The Bertz CT molecular complexity index is 653. The zero-order valence-corrected chi connectivity index (χ0v) is 12.6. The first-order valence-corrected chi connectivity index (χ1v) is 6.81. The molecule has 2 aromatic rings. The lowest BCUT2D eigenvalue weighted by Crippen LogP contribution is -2.15. The fraction of sp³-hybridized carbons (Fsp3) is 0.250. The third-order valence-corrected chi connectivity index (χ3v) is 3.55. The van der Waals surface area contributed by atoms with Crippen LogP contribution in [0.15, 0.2) is 30.5 Å². The smallest absolute Gasteiger partial charge is 0.228 e. The van der Waals surface area contributed by atoms with Gasteiger partial charge in [-0.15, -0.1) is 0 Å². The Morgan fingerprint density at radius 1 is 1.20 bits per heavy atom. The van der Waals surface area contributed by atoms with Gasteiger partial charge >= 0.3 is 0 Å². The molecule has 0 aliphatic rings. The Hall–Kier alpha value is -1.87. The molecule has 2 rings (SSSR count). The van der Waals surface area contributed by atoms with Crippen LogP contribution >= 0.6 is 11.6 Å². The number of aromatic nitrogens is 1. The van der Waals surface area contributed by atoms with Gasteiger partial charge in [0.1, 0.15) is 5.15 Å². The van der Waals surface area contributed by atoms with Gasteiger partial charge in [-0.25, -0.2) is 4.98 Å². The minimum absolute atomic E-state index is 0.0535. The van der Waals surface area contributed by atoms with E-state index in [0.29, 0.717) is 17.3 Å². The molecule has 1 N–H and O–H groups in total. The number of hydrogen-bond acceptors (Lipinski definition) is 2. The standard InChI is InChI=1S/C16H17ClN2O/c1-10-4-5-11(2)13(6-10)8-15(20)19-14-7-12(3)16(17)18-9-14/h4-7,9H,8H2,1-3H3,(H,19,20). The highest BCUT2D eigenvalue weighted by atomic mass is 35.5. The number of rotatable bonds is 3. The molecule has 0 spiro atoms. The maximum absolute atomic E-state index is 12.1. The van der Waals surface area contributed by atoms with Crippen molar-refractivity contribution in [2.75, 3.05) is 5.32 Å². The van der Waals surface area contributed by atoms with Crippen LogP contribution in [0.5, 0.6) is 0 Å². The van der Waals surface area contributed by atoms with Crippen molar-refractivity contribution in [3.63, 3.8) is 0 Å². The highest BCUT2D eigenvalue weighted by molar-refractivity contribution is 6.30. The van der Waals surface area contributed by atoms with Gasteiger partial charge in [0, 0.05) is 0 Å². The van der Waals surface area contributed by atoms with E-state index >= 15 is 0 Å². The van der Waals surface area contributed by atoms with E-state index in [2.05, 4.69) is 10.3 Å². The first kappa shape index (κ1) is 14.5. The summed E-state index contributed by atoms with van der Waals surface area (Å²) >= 11 is 5.86. The molecule has 0 fully saturated rings. The summed E-state index contributed by atoms with van der Waals surface area (Å²) in [5.41, 5.74) is 4.83. The molecule has 1 aromatic carbocycles. The van der Waals surface area contributed by atoms with E-state index in [1.807, 2.05) is 45.0 Å². The van der Waals surface area contributed by atoms with E-state index in [1.165, 1.54) is 0 Å². The number of hydrogen-bond donors (Lipinski definition) is 1. The number of aryl methyl sites for hydroxylation is 3. The van der Waals surface area contributed by atoms with E-state index in [0.717, 1.165) is 22.3 Å². The van der Waals surface area contributed by atoms with Gasteiger partial charge < -0.3 is 5.32 Å². The van der Waals surface area contributed by atoms with Gasteiger partial charge in [0.15, 0.2) is 0 Å². The van der Waals surface area contributed by atoms with Gasteiger partial charge in [-0.2, -0.15) is 0 Å². The number of carbonyl (C=O) groups is 1. The van der Waals surface area contributed by atoms with Crippen molar-refractivity contribution in [1.82, 2.24) is 4.98 Å². The van der Waals surface area contributed by atoms with Crippen LogP contribution in [-0.4, -0.2) is 10.9 Å². The van der Waals surface area contributed by atoms with E-state index in [9.17, 15) is 4.79 Å². The minimum Gasteiger partial charge on any atom is -0.324 e. The summed E-state index contributed by atoms with van der Waals surface area (Å²) in [5, 5.41) is 3.30. The normalized spacial score (nSPS) is 10.4. The highest BCUT2D eigenvalue weighted by Gasteiger charge is 2.08. The number of anilines is 1. The average Bonchev–Trinajstić information content (AvgIpc) is 2.38. The molecule has 1 heterocycles. The van der Waals surface area contributed by atoms with Crippen molar-refractivity contribution < 1.29 is 4.79 Å². The van der Waals surface area contributed by atoms with E-state index in [-0.39, 0.29) is 5.91 Å². The summed E-state index contributed by atoms with van der Waals surface area (Å²) in [7, 11) is 0. The second kappa shape index (κ2) is 6.06. The summed E-state index contributed by atoms with van der Waals surface area (Å²) in [6.07, 6.45) is 1.92. The zero-order valence-electron chi connectivity index (χ0n) is 11.8. The molecule has 1 amide bonds. The number of nitrogens with zero attached hydrogens (tertiary/aromatic N) is 1. The summed E-state index contributed by atoms with van der Waals surface area (Å²) in [5.74, 6) is -0.0535. The monoisotopic (exact) mass is 288 g/mol. The number of carbonyl (C=O) groups excluding carboxylic acids is 1. The van der Waals surface area contributed by atoms with Crippen LogP contribution in [0.4, 0.5) is 5.69 Å². The van der Waals surface area contributed by atoms with Crippen LogP contribution in [0.3, 0.4) is 0 Å². The first-order chi connectivity index (χ1) is 9.45. The predicted molar refractivity (Wildman–Crippen MR) is 82.2 cm³/mol. The molecule has 3 nitrogen and oxygen atoms in total. The maximum Gasteiger partial charge on any atom is 0.228 e. The number of amides is 1. The zero-order chi connectivity index (χ0) is 14.7. The molecule has 0 aliphatic carbocycles. The lowest BCUT2D eigenvalue weighted by atomic mass is 10.0. The van der Waals surface area contributed by atoms with Crippen LogP contribution in [-0.2, 0) is 11.2 Å².